The van der Waals surface area contributed by atoms with Crippen molar-refractivity contribution >= 4 is 0 Å². The summed E-state index contributed by atoms with van der Waals surface area (Å²) in [6.07, 6.45) is 9.02. The number of unbranched alkanes of at least 4 members (excludes halogenated alkanes) is 3. The lowest BCUT2D eigenvalue weighted by molar-refractivity contribution is -0.0712. The number of ether oxygens (including phenoxy) is 1. The highest BCUT2D eigenvalue weighted by atomic mass is 16.5. The van der Waals surface area contributed by atoms with Crippen molar-refractivity contribution in [3.63, 3.8) is 0 Å². The Morgan fingerprint density at radius 2 is 1.82 bits per heavy atom. The first kappa shape index (κ1) is 14.9. The highest BCUT2D eigenvalue weighted by molar-refractivity contribution is 4.87. The Labute approximate surface area is 106 Å². The largest absolute Gasteiger partial charge is 0.396 e. The van der Waals surface area contributed by atoms with E-state index >= 15 is 0 Å². The Bertz CT molecular complexity index is 189. The van der Waals surface area contributed by atoms with Crippen molar-refractivity contribution in [2.45, 2.75) is 63.9 Å². The molecular weight excluding hydrogens is 214 g/mol. The molecule has 0 heterocycles. The molecule has 0 bridgehead atoms. The van der Waals surface area contributed by atoms with Gasteiger partial charge in [-0.25, -0.2) is 0 Å². The predicted molar refractivity (Wildman–Crippen MR) is 70.9 cm³/mol. The molecule has 1 aliphatic rings. The van der Waals surface area contributed by atoms with Gasteiger partial charge in [-0.15, -0.1) is 0 Å². The van der Waals surface area contributed by atoms with Gasteiger partial charge < -0.3 is 15.6 Å². The molecule has 0 aromatic rings. The van der Waals surface area contributed by atoms with Crippen LogP contribution >= 0.6 is 0 Å². The van der Waals surface area contributed by atoms with E-state index in [4.69, 9.17) is 15.6 Å². The average molecular weight is 243 g/mol. The number of hydrogen-bond donors (Lipinski definition) is 2. The number of nitrogens with two attached hydrogens (primary N) is 1. The van der Waals surface area contributed by atoms with E-state index in [2.05, 4.69) is 6.92 Å². The van der Waals surface area contributed by atoms with Gasteiger partial charge in [0.15, 0.2) is 0 Å². The molecule has 3 heteroatoms. The highest BCUT2D eigenvalue weighted by Gasteiger charge is 2.33. The zero-order valence-corrected chi connectivity index (χ0v) is 11.3. The van der Waals surface area contributed by atoms with Gasteiger partial charge in [0.05, 0.1) is 5.60 Å². The molecule has 0 aromatic heterocycles. The first-order valence-electron chi connectivity index (χ1n) is 7.17. The first-order valence-corrected chi connectivity index (χ1v) is 7.17. The molecule has 0 aliphatic heterocycles. The van der Waals surface area contributed by atoms with Crippen molar-refractivity contribution < 1.29 is 9.84 Å². The third-order valence-electron chi connectivity index (χ3n) is 4.02. The van der Waals surface area contributed by atoms with Crippen molar-refractivity contribution in [3.05, 3.63) is 0 Å². The molecule has 0 atom stereocenters. The van der Waals surface area contributed by atoms with E-state index in [1.54, 1.807) is 0 Å². The van der Waals surface area contributed by atoms with Crippen LogP contribution in [0.25, 0.3) is 0 Å². The number of rotatable bonds is 8. The molecule has 0 unspecified atom stereocenters. The Balaban J connectivity index is 2.14. The van der Waals surface area contributed by atoms with Crippen LogP contribution in [0.2, 0.25) is 0 Å². The molecule has 1 rings (SSSR count). The minimum absolute atomic E-state index is 0.0243. The zero-order valence-electron chi connectivity index (χ0n) is 11.3. The van der Waals surface area contributed by atoms with E-state index in [0.29, 0.717) is 13.2 Å². The van der Waals surface area contributed by atoms with Crippen molar-refractivity contribution in [2.24, 2.45) is 11.7 Å². The van der Waals surface area contributed by atoms with Gasteiger partial charge in [0.25, 0.3) is 0 Å². The smallest absolute Gasteiger partial charge is 0.0804 e. The fraction of sp³-hybridized carbons (Fsp3) is 1.00. The molecule has 0 spiro atoms. The Kier molecular flexibility index (Phi) is 7.09. The van der Waals surface area contributed by atoms with E-state index in [1.807, 2.05) is 0 Å². The fourth-order valence-electron chi connectivity index (χ4n) is 2.55. The van der Waals surface area contributed by atoms with E-state index in [0.717, 1.165) is 51.0 Å². The minimum Gasteiger partial charge on any atom is -0.396 e. The summed E-state index contributed by atoms with van der Waals surface area (Å²) in [5, 5.41) is 8.68. The molecule has 0 radical (unpaired) electrons. The summed E-state index contributed by atoms with van der Waals surface area (Å²) in [4.78, 5) is 0. The molecule has 1 saturated carbocycles. The van der Waals surface area contributed by atoms with Crippen molar-refractivity contribution in [2.75, 3.05) is 19.8 Å². The van der Waals surface area contributed by atoms with Crippen molar-refractivity contribution in [3.8, 4) is 0 Å². The number of aliphatic hydroxyl groups excluding tert-OH is 1. The second-order valence-electron chi connectivity index (χ2n) is 5.56. The predicted octanol–water partition coefficient (Wildman–Crippen LogP) is 2.46. The maximum atomic E-state index is 8.68. The van der Waals surface area contributed by atoms with E-state index in [9.17, 15) is 0 Å². The lowest BCUT2D eigenvalue weighted by atomic mass is 9.79. The van der Waals surface area contributed by atoms with Gasteiger partial charge in [-0.1, -0.05) is 19.8 Å². The van der Waals surface area contributed by atoms with Crippen molar-refractivity contribution in [1.29, 1.82) is 0 Å². The van der Waals surface area contributed by atoms with Crippen LogP contribution in [0, 0.1) is 5.92 Å². The molecule has 102 valence electrons. The van der Waals surface area contributed by atoms with Gasteiger partial charge >= 0.3 is 0 Å². The van der Waals surface area contributed by atoms with Gasteiger partial charge in [-0.3, -0.25) is 0 Å². The van der Waals surface area contributed by atoms with E-state index in [1.165, 1.54) is 12.8 Å². The zero-order chi connectivity index (χ0) is 12.6. The highest BCUT2D eigenvalue weighted by Crippen LogP contribution is 2.34. The van der Waals surface area contributed by atoms with E-state index in [-0.39, 0.29) is 5.60 Å². The van der Waals surface area contributed by atoms with Crippen LogP contribution < -0.4 is 5.73 Å². The van der Waals surface area contributed by atoms with Crippen LogP contribution in [-0.4, -0.2) is 30.5 Å². The maximum absolute atomic E-state index is 8.68. The molecule has 1 aliphatic carbocycles. The topological polar surface area (TPSA) is 55.5 Å². The summed E-state index contributed by atoms with van der Waals surface area (Å²) >= 11 is 0. The standard InChI is InChI=1S/C14H29NO2/c1-13-6-8-14(12-15,9-7-13)17-11-5-3-2-4-10-16/h13,16H,2-12,15H2,1H3. The van der Waals surface area contributed by atoms with Crippen LogP contribution in [-0.2, 0) is 4.74 Å². The van der Waals surface area contributed by atoms with Crippen LogP contribution in [0.1, 0.15) is 58.3 Å². The number of hydrogen-bond acceptors (Lipinski definition) is 3. The SMILES string of the molecule is CC1CCC(CN)(OCCCCCCO)CC1. The van der Waals surface area contributed by atoms with Crippen molar-refractivity contribution in [1.82, 2.24) is 0 Å². The van der Waals surface area contributed by atoms with Gasteiger partial charge in [0.1, 0.15) is 0 Å². The molecule has 0 amide bonds. The monoisotopic (exact) mass is 243 g/mol. The summed E-state index contributed by atoms with van der Waals surface area (Å²) in [6.45, 7) is 4.12. The van der Waals surface area contributed by atoms with Crippen LogP contribution in [0.3, 0.4) is 0 Å². The second-order valence-corrected chi connectivity index (χ2v) is 5.56. The summed E-state index contributed by atoms with van der Waals surface area (Å²) in [5.74, 6) is 0.836. The minimum atomic E-state index is -0.0243. The molecule has 0 aromatic carbocycles. The summed E-state index contributed by atoms with van der Waals surface area (Å²) in [5.41, 5.74) is 5.86. The third-order valence-corrected chi connectivity index (χ3v) is 4.02. The molecule has 17 heavy (non-hydrogen) atoms. The fourth-order valence-corrected chi connectivity index (χ4v) is 2.55. The van der Waals surface area contributed by atoms with Gasteiger partial charge in [0, 0.05) is 19.8 Å². The summed E-state index contributed by atoms with van der Waals surface area (Å²) in [7, 11) is 0. The Morgan fingerprint density at radius 1 is 1.18 bits per heavy atom. The van der Waals surface area contributed by atoms with Gasteiger partial charge in [-0.05, 0) is 44.4 Å². The Morgan fingerprint density at radius 3 is 2.41 bits per heavy atom. The normalized spacial score (nSPS) is 29.5. The molecule has 3 N–H and O–H groups in total. The first-order chi connectivity index (χ1) is 8.22. The number of aliphatic hydroxyl groups is 1. The van der Waals surface area contributed by atoms with Gasteiger partial charge in [0.2, 0.25) is 0 Å². The average Bonchev–Trinajstić information content (AvgIpc) is 2.36. The van der Waals surface area contributed by atoms with Gasteiger partial charge in [-0.2, -0.15) is 0 Å². The molecular formula is C14H29NO2. The molecule has 3 nitrogen and oxygen atoms in total. The van der Waals surface area contributed by atoms with Crippen LogP contribution in [0.4, 0.5) is 0 Å². The summed E-state index contributed by atoms with van der Waals surface area (Å²) in [6, 6.07) is 0. The quantitative estimate of drug-likeness (QED) is 0.644. The van der Waals surface area contributed by atoms with Crippen LogP contribution in [0.5, 0.6) is 0 Å². The third kappa shape index (κ3) is 5.36. The molecule has 0 saturated heterocycles. The lowest BCUT2D eigenvalue weighted by Gasteiger charge is -2.38. The lowest BCUT2D eigenvalue weighted by Crippen LogP contribution is -2.44. The Hall–Kier alpha value is -0.120. The van der Waals surface area contributed by atoms with E-state index < -0.39 is 0 Å². The maximum Gasteiger partial charge on any atom is 0.0804 e. The summed E-state index contributed by atoms with van der Waals surface area (Å²) < 4.78 is 6.06. The molecule has 1 fully saturated rings. The van der Waals surface area contributed by atoms with Crippen LogP contribution in [0.15, 0.2) is 0 Å². The second kappa shape index (κ2) is 8.06.